The Kier molecular flexibility index (Phi) is 6.11. The molecular weight excluding hydrogens is 443 g/mol. The lowest BCUT2D eigenvalue weighted by Crippen LogP contribution is -2.54. The van der Waals surface area contributed by atoms with Crippen LogP contribution in [0.25, 0.3) is 6.08 Å². The highest BCUT2D eigenvalue weighted by Crippen LogP contribution is 2.26. The zero-order valence-electron chi connectivity index (χ0n) is 18.0. The van der Waals surface area contributed by atoms with Crippen molar-refractivity contribution in [2.45, 2.75) is 20.3 Å². The van der Waals surface area contributed by atoms with E-state index in [1.165, 1.54) is 35.4 Å². The van der Waals surface area contributed by atoms with Crippen molar-refractivity contribution in [3.63, 3.8) is 0 Å². The van der Waals surface area contributed by atoms with Gasteiger partial charge in [-0.1, -0.05) is 65.2 Å². The van der Waals surface area contributed by atoms with Crippen molar-refractivity contribution in [1.29, 1.82) is 0 Å². The van der Waals surface area contributed by atoms with Gasteiger partial charge in [0.15, 0.2) is 0 Å². The Hall–Kier alpha value is -3.77. The Labute approximate surface area is 195 Å². The van der Waals surface area contributed by atoms with Crippen molar-refractivity contribution in [2.75, 3.05) is 4.90 Å². The van der Waals surface area contributed by atoms with Gasteiger partial charge >= 0.3 is 6.03 Å². The van der Waals surface area contributed by atoms with Gasteiger partial charge < -0.3 is 0 Å². The summed E-state index contributed by atoms with van der Waals surface area (Å²) in [5, 5.41) is 2.57. The summed E-state index contributed by atoms with van der Waals surface area (Å²) < 4.78 is 14.2. The molecule has 3 aromatic rings. The first-order valence-electron chi connectivity index (χ1n) is 10.2. The van der Waals surface area contributed by atoms with Crippen LogP contribution in [0.4, 0.5) is 14.9 Å². The Morgan fingerprint density at radius 2 is 1.67 bits per heavy atom. The molecule has 0 aliphatic carbocycles. The molecule has 5 nitrogen and oxygen atoms in total. The van der Waals surface area contributed by atoms with E-state index in [0.717, 1.165) is 17.2 Å². The molecule has 0 bridgehead atoms. The third kappa shape index (κ3) is 4.71. The Morgan fingerprint density at radius 1 is 0.970 bits per heavy atom. The molecular formula is C26H20ClFN2O3. The maximum atomic E-state index is 14.2. The van der Waals surface area contributed by atoms with Crippen LogP contribution in [0.5, 0.6) is 0 Å². The molecule has 1 fully saturated rings. The van der Waals surface area contributed by atoms with E-state index in [4.69, 9.17) is 11.6 Å². The van der Waals surface area contributed by atoms with Crippen LogP contribution in [0.15, 0.2) is 66.2 Å². The molecule has 7 heteroatoms. The molecule has 166 valence electrons. The van der Waals surface area contributed by atoms with Gasteiger partial charge in [0.25, 0.3) is 11.8 Å². The molecule has 1 aliphatic heterocycles. The van der Waals surface area contributed by atoms with Gasteiger partial charge in [0.05, 0.1) is 5.69 Å². The average Bonchev–Trinajstić information content (AvgIpc) is 2.73. The Balaban J connectivity index is 1.64. The summed E-state index contributed by atoms with van der Waals surface area (Å²) in [5.74, 6) is -2.52. The molecule has 0 unspecified atom stereocenters. The fourth-order valence-corrected chi connectivity index (χ4v) is 4.12. The van der Waals surface area contributed by atoms with Crippen LogP contribution < -0.4 is 10.2 Å². The van der Waals surface area contributed by atoms with Crippen LogP contribution in [0.2, 0.25) is 5.02 Å². The van der Waals surface area contributed by atoms with E-state index >= 15 is 0 Å². The highest BCUT2D eigenvalue weighted by atomic mass is 35.5. The molecule has 4 rings (SSSR count). The SMILES string of the molecule is Cc1cc(C)cc(Cc2ccc(/C=C3/C(=O)NC(=O)N(c4ccccc4F)C3=O)cc2Cl)c1. The van der Waals surface area contributed by atoms with Gasteiger partial charge in [0, 0.05) is 5.02 Å². The number of hydrogen-bond donors (Lipinski definition) is 1. The van der Waals surface area contributed by atoms with Crippen LogP contribution in [0, 0.1) is 19.7 Å². The molecule has 1 N–H and O–H groups in total. The van der Waals surface area contributed by atoms with Crippen molar-refractivity contribution >= 4 is 41.2 Å². The van der Waals surface area contributed by atoms with Gasteiger partial charge in [-0.2, -0.15) is 0 Å². The van der Waals surface area contributed by atoms with E-state index in [-0.39, 0.29) is 11.3 Å². The second-order valence-corrected chi connectivity index (χ2v) is 8.34. The summed E-state index contributed by atoms with van der Waals surface area (Å²) in [5.41, 5.74) is 4.33. The zero-order chi connectivity index (χ0) is 23.7. The van der Waals surface area contributed by atoms with Crippen LogP contribution in [0.1, 0.15) is 27.8 Å². The molecule has 3 aromatic carbocycles. The minimum Gasteiger partial charge on any atom is -0.273 e. The van der Waals surface area contributed by atoms with Crippen LogP contribution in [-0.2, 0) is 16.0 Å². The smallest absolute Gasteiger partial charge is 0.273 e. The molecule has 0 saturated carbocycles. The van der Waals surface area contributed by atoms with Gasteiger partial charge in [-0.3, -0.25) is 14.9 Å². The minimum absolute atomic E-state index is 0.236. The minimum atomic E-state index is -1.01. The first-order valence-corrected chi connectivity index (χ1v) is 10.6. The van der Waals surface area contributed by atoms with E-state index in [2.05, 4.69) is 23.5 Å². The molecule has 1 heterocycles. The largest absolute Gasteiger partial charge is 0.336 e. The van der Waals surface area contributed by atoms with Crippen molar-refractivity contribution in [2.24, 2.45) is 0 Å². The summed E-state index contributed by atoms with van der Waals surface area (Å²) in [4.78, 5) is 38.2. The summed E-state index contributed by atoms with van der Waals surface area (Å²) >= 11 is 6.49. The fourth-order valence-electron chi connectivity index (χ4n) is 3.86. The molecule has 1 aliphatic rings. The van der Waals surface area contributed by atoms with Gasteiger partial charge in [-0.25, -0.2) is 14.1 Å². The van der Waals surface area contributed by atoms with Gasteiger partial charge in [-0.15, -0.1) is 0 Å². The Morgan fingerprint density at radius 3 is 2.33 bits per heavy atom. The lowest BCUT2D eigenvalue weighted by Gasteiger charge is -2.26. The molecule has 0 radical (unpaired) electrons. The number of carbonyl (C=O) groups is 3. The number of hydrogen-bond acceptors (Lipinski definition) is 3. The highest BCUT2D eigenvalue weighted by molar-refractivity contribution is 6.39. The number of nitrogens with one attached hydrogen (secondary N) is 1. The maximum Gasteiger partial charge on any atom is 0.336 e. The lowest BCUT2D eigenvalue weighted by molar-refractivity contribution is -0.122. The number of halogens is 2. The van der Waals surface area contributed by atoms with E-state index in [0.29, 0.717) is 21.9 Å². The third-order valence-electron chi connectivity index (χ3n) is 5.26. The summed E-state index contributed by atoms with van der Waals surface area (Å²) in [6, 6.07) is 15.9. The van der Waals surface area contributed by atoms with E-state index in [9.17, 15) is 18.8 Å². The predicted octanol–water partition coefficient (Wildman–Crippen LogP) is 5.35. The van der Waals surface area contributed by atoms with Gasteiger partial charge in [0.2, 0.25) is 0 Å². The number of aryl methyl sites for hydroxylation is 2. The monoisotopic (exact) mass is 462 g/mol. The van der Waals surface area contributed by atoms with E-state index in [1.807, 2.05) is 19.9 Å². The molecule has 0 aromatic heterocycles. The van der Waals surface area contributed by atoms with Gasteiger partial charge in [-0.05, 0) is 61.2 Å². The summed E-state index contributed by atoms with van der Waals surface area (Å²) in [7, 11) is 0. The molecule has 0 spiro atoms. The van der Waals surface area contributed by atoms with Crippen molar-refractivity contribution in [1.82, 2.24) is 5.32 Å². The highest BCUT2D eigenvalue weighted by Gasteiger charge is 2.37. The van der Waals surface area contributed by atoms with E-state index in [1.54, 1.807) is 12.1 Å². The second kappa shape index (κ2) is 9.00. The maximum absolute atomic E-state index is 14.2. The van der Waals surface area contributed by atoms with Crippen molar-refractivity contribution in [3.8, 4) is 0 Å². The number of nitrogens with zero attached hydrogens (tertiary/aromatic N) is 1. The van der Waals surface area contributed by atoms with Crippen LogP contribution in [0.3, 0.4) is 0 Å². The third-order valence-corrected chi connectivity index (χ3v) is 5.61. The first kappa shape index (κ1) is 22.4. The standard InChI is InChI=1S/C26H20ClFN2O3/c1-15-9-16(2)11-18(10-15)12-19-8-7-17(14-21(19)27)13-20-24(31)29-26(33)30(25(20)32)23-6-4-3-5-22(23)28/h3-11,13-14H,12H2,1-2H3,(H,29,31,33)/b20-13-. The topological polar surface area (TPSA) is 66.5 Å². The van der Waals surface area contributed by atoms with Crippen molar-refractivity contribution in [3.05, 3.63) is 105 Å². The quantitative estimate of drug-likeness (QED) is 0.419. The van der Waals surface area contributed by atoms with Crippen LogP contribution >= 0.6 is 11.6 Å². The summed E-state index contributed by atoms with van der Waals surface area (Å²) in [6.45, 7) is 4.07. The van der Waals surface area contributed by atoms with E-state index < -0.39 is 23.7 Å². The fraction of sp³-hybridized carbons (Fsp3) is 0.115. The number of urea groups is 1. The molecule has 4 amide bonds. The number of barbiturate groups is 1. The zero-order valence-corrected chi connectivity index (χ0v) is 18.7. The predicted molar refractivity (Wildman–Crippen MR) is 126 cm³/mol. The lowest BCUT2D eigenvalue weighted by atomic mass is 9.99. The number of para-hydroxylation sites is 1. The average molecular weight is 463 g/mol. The number of anilines is 1. The number of rotatable bonds is 4. The number of carbonyl (C=O) groups excluding carboxylic acids is 3. The molecule has 0 atom stereocenters. The van der Waals surface area contributed by atoms with Crippen molar-refractivity contribution < 1.29 is 18.8 Å². The first-order chi connectivity index (χ1) is 15.7. The molecule has 33 heavy (non-hydrogen) atoms. The van der Waals surface area contributed by atoms with Gasteiger partial charge in [0.1, 0.15) is 11.4 Å². The second-order valence-electron chi connectivity index (χ2n) is 7.93. The van der Waals surface area contributed by atoms with Crippen LogP contribution in [-0.4, -0.2) is 17.8 Å². The number of amides is 4. The number of benzene rings is 3. The number of imide groups is 2. The normalized spacial score (nSPS) is 15.2. The summed E-state index contributed by atoms with van der Waals surface area (Å²) in [6.07, 6.45) is 1.97. The Bertz CT molecular complexity index is 1310. The molecule has 1 saturated heterocycles.